The van der Waals surface area contributed by atoms with Gasteiger partial charge in [0.1, 0.15) is 16.6 Å². The van der Waals surface area contributed by atoms with Crippen LogP contribution in [-0.4, -0.2) is 53.6 Å². The molecular weight excluding hydrogens is 429 g/mol. The summed E-state index contributed by atoms with van der Waals surface area (Å²) in [7, 11) is 0. The monoisotopic (exact) mass is 449 g/mol. The Bertz CT molecular complexity index is 1260. The largest absolute Gasteiger partial charge is 0.356 e. The van der Waals surface area contributed by atoms with Crippen molar-refractivity contribution in [2.45, 2.75) is 41.8 Å². The Morgan fingerprint density at radius 3 is 2.88 bits per heavy atom. The van der Waals surface area contributed by atoms with Crippen molar-refractivity contribution in [1.29, 1.82) is 5.26 Å². The van der Waals surface area contributed by atoms with Crippen LogP contribution in [0.3, 0.4) is 0 Å². The van der Waals surface area contributed by atoms with Gasteiger partial charge in [0.15, 0.2) is 11.5 Å². The third kappa shape index (κ3) is 2.80. The molecule has 3 aliphatic heterocycles. The molecule has 2 atom stereocenters. The molecule has 0 saturated carbocycles. The van der Waals surface area contributed by atoms with Gasteiger partial charge in [-0.3, -0.25) is 9.78 Å². The van der Waals surface area contributed by atoms with Crippen molar-refractivity contribution >= 4 is 29.1 Å². The molecule has 32 heavy (non-hydrogen) atoms. The fourth-order valence-electron chi connectivity index (χ4n) is 5.26. The Balaban J connectivity index is 1.23. The van der Waals surface area contributed by atoms with Gasteiger partial charge >= 0.3 is 0 Å². The van der Waals surface area contributed by atoms with Crippen molar-refractivity contribution in [2.24, 2.45) is 0 Å². The minimum atomic E-state index is -0.441. The Labute approximate surface area is 188 Å². The SMILES string of the molecule is N#Cc1cncc(C2CCC3SC4(CCN(c5ccnc6c(F)cnn56)CC4)C(=O)N32)c1. The van der Waals surface area contributed by atoms with Crippen molar-refractivity contribution < 1.29 is 9.18 Å². The highest BCUT2D eigenvalue weighted by atomic mass is 32.2. The molecule has 162 valence electrons. The molecule has 6 heterocycles. The summed E-state index contributed by atoms with van der Waals surface area (Å²) >= 11 is 1.80. The molecule has 1 spiro atoms. The summed E-state index contributed by atoms with van der Waals surface area (Å²) in [5.74, 6) is 0.549. The molecule has 1 amide bonds. The van der Waals surface area contributed by atoms with Crippen LogP contribution in [-0.2, 0) is 4.79 Å². The van der Waals surface area contributed by atoms with E-state index in [0.717, 1.165) is 37.1 Å². The zero-order valence-electron chi connectivity index (χ0n) is 17.2. The summed E-state index contributed by atoms with van der Waals surface area (Å²) in [4.78, 5) is 26.1. The molecule has 3 fully saturated rings. The van der Waals surface area contributed by atoms with Crippen LogP contribution < -0.4 is 4.90 Å². The van der Waals surface area contributed by atoms with Crippen molar-refractivity contribution in [2.75, 3.05) is 18.0 Å². The molecule has 0 radical (unpaired) electrons. The molecule has 8 nitrogen and oxygen atoms in total. The van der Waals surface area contributed by atoms with Crippen LogP contribution in [0.15, 0.2) is 36.9 Å². The molecule has 0 aliphatic carbocycles. The highest BCUT2D eigenvalue weighted by molar-refractivity contribution is 8.02. The van der Waals surface area contributed by atoms with Crippen molar-refractivity contribution in [3.63, 3.8) is 0 Å². The molecule has 0 bridgehead atoms. The zero-order chi connectivity index (χ0) is 21.9. The second-order valence-electron chi connectivity index (χ2n) is 8.51. The predicted octanol–water partition coefficient (Wildman–Crippen LogP) is 2.91. The summed E-state index contributed by atoms with van der Waals surface area (Å²) < 4.78 is 15.0. The number of rotatable bonds is 2. The highest BCUT2D eigenvalue weighted by Gasteiger charge is 2.57. The average molecular weight is 450 g/mol. The molecule has 6 rings (SSSR count). The van der Waals surface area contributed by atoms with Gasteiger partial charge in [0.05, 0.1) is 23.2 Å². The third-order valence-electron chi connectivity index (χ3n) is 6.83. The van der Waals surface area contributed by atoms with Crippen molar-refractivity contribution in [3.05, 3.63) is 53.9 Å². The lowest BCUT2D eigenvalue weighted by atomic mass is 9.93. The number of hydrogen-bond acceptors (Lipinski definition) is 7. The standard InChI is InChI=1S/C22H20FN7OS/c23-16-13-27-30-18(3-6-26-20(16)30)28-7-4-22(5-8-28)21(31)29-17(1-2-19(29)32-22)15-9-14(10-24)11-25-12-15/h3,6,9,11-13,17,19H,1-2,4-5,7-8H2. The van der Waals surface area contributed by atoms with Gasteiger partial charge in [-0.1, -0.05) is 0 Å². The number of nitrogens with zero attached hydrogens (tertiary/aromatic N) is 7. The Morgan fingerprint density at radius 2 is 2.06 bits per heavy atom. The molecule has 2 unspecified atom stereocenters. The number of nitriles is 1. The fourth-order valence-corrected chi connectivity index (χ4v) is 7.02. The first-order valence-corrected chi connectivity index (χ1v) is 11.6. The summed E-state index contributed by atoms with van der Waals surface area (Å²) in [5, 5.41) is 13.5. The van der Waals surface area contributed by atoms with E-state index in [-0.39, 0.29) is 23.0 Å². The molecule has 3 aliphatic rings. The van der Waals surface area contributed by atoms with Crippen LogP contribution in [0.4, 0.5) is 10.2 Å². The smallest absolute Gasteiger partial charge is 0.240 e. The molecule has 0 N–H and O–H groups in total. The number of hydrogen-bond donors (Lipinski definition) is 0. The predicted molar refractivity (Wildman–Crippen MR) is 116 cm³/mol. The fraction of sp³-hybridized carbons (Fsp3) is 0.409. The van der Waals surface area contributed by atoms with Gasteiger partial charge in [0.25, 0.3) is 0 Å². The van der Waals surface area contributed by atoms with E-state index in [9.17, 15) is 14.4 Å². The lowest BCUT2D eigenvalue weighted by Gasteiger charge is -2.38. The van der Waals surface area contributed by atoms with Crippen LogP contribution in [0.2, 0.25) is 0 Å². The number of carbonyl (C=O) groups excluding carboxylic acids is 1. The lowest BCUT2D eigenvalue weighted by Crippen LogP contribution is -2.48. The van der Waals surface area contributed by atoms with Crippen LogP contribution in [0.25, 0.3) is 5.65 Å². The molecule has 3 aromatic heterocycles. The maximum atomic E-state index is 13.9. The average Bonchev–Trinajstić information content (AvgIpc) is 3.49. The van der Waals surface area contributed by atoms with E-state index in [1.165, 1.54) is 10.7 Å². The van der Waals surface area contributed by atoms with Crippen molar-refractivity contribution in [1.82, 2.24) is 24.5 Å². The maximum Gasteiger partial charge on any atom is 0.240 e. The number of piperidine rings is 1. The number of aromatic nitrogens is 4. The van der Waals surface area contributed by atoms with Gasteiger partial charge in [-0.05, 0) is 43.4 Å². The van der Waals surface area contributed by atoms with E-state index in [0.29, 0.717) is 18.7 Å². The van der Waals surface area contributed by atoms with Gasteiger partial charge in [-0.25, -0.2) is 9.37 Å². The quantitative estimate of drug-likeness (QED) is 0.594. The van der Waals surface area contributed by atoms with Crippen LogP contribution in [0.5, 0.6) is 0 Å². The number of thioether (sulfide) groups is 1. The first kappa shape index (κ1) is 19.5. The topological polar surface area (TPSA) is 90.4 Å². The third-order valence-corrected chi connectivity index (χ3v) is 8.59. The van der Waals surface area contributed by atoms with Gasteiger partial charge in [-0.15, -0.1) is 11.8 Å². The van der Waals surface area contributed by atoms with Crippen LogP contribution >= 0.6 is 11.8 Å². The van der Waals surface area contributed by atoms with E-state index in [2.05, 4.69) is 26.0 Å². The summed E-state index contributed by atoms with van der Waals surface area (Å²) in [5.41, 5.74) is 1.67. The summed E-state index contributed by atoms with van der Waals surface area (Å²) in [6, 6.07) is 5.81. The number of carbonyl (C=O) groups is 1. The summed E-state index contributed by atoms with van der Waals surface area (Å²) in [6.45, 7) is 1.38. The highest BCUT2D eigenvalue weighted by Crippen LogP contribution is 2.55. The molecule has 10 heteroatoms. The molecule has 3 saturated heterocycles. The molecule has 0 aromatic carbocycles. The van der Waals surface area contributed by atoms with Gasteiger partial charge < -0.3 is 9.80 Å². The number of anilines is 1. The number of halogens is 1. The zero-order valence-corrected chi connectivity index (χ0v) is 18.0. The Morgan fingerprint density at radius 1 is 1.22 bits per heavy atom. The number of fused-ring (bicyclic) bond motifs is 2. The van der Waals surface area contributed by atoms with E-state index in [1.54, 1.807) is 30.4 Å². The van der Waals surface area contributed by atoms with E-state index >= 15 is 0 Å². The van der Waals surface area contributed by atoms with E-state index < -0.39 is 10.6 Å². The maximum absolute atomic E-state index is 13.9. The van der Waals surface area contributed by atoms with Crippen molar-refractivity contribution in [3.8, 4) is 6.07 Å². The van der Waals surface area contributed by atoms with E-state index in [1.807, 2.05) is 17.0 Å². The normalized spacial score (nSPS) is 24.3. The van der Waals surface area contributed by atoms with Crippen LogP contribution in [0.1, 0.15) is 42.9 Å². The first-order chi connectivity index (χ1) is 15.6. The van der Waals surface area contributed by atoms with Crippen LogP contribution in [0, 0.1) is 17.1 Å². The lowest BCUT2D eigenvalue weighted by molar-refractivity contribution is -0.134. The minimum absolute atomic E-state index is 0.0231. The minimum Gasteiger partial charge on any atom is -0.356 e. The number of amides is 1. The van der Waals surface area contributed by atoms with E-state index in [4.69, 9.17) is 0 Å². The Kier molecular flexibility index (Phi) is 4.37. The molecular formula is C22H20FN7OS. The second kappa shape index (κ2) is 7.17. The first-order valence-electron chi connectivity index (χ1n) is 10.7. The second-order valence-corrected chi connectivity index (χ2v) is 10.1. The Hall–Kier alpha value is -3.19. The van der Waals surface area contributed by atoms with Gasteiger partial charge in [0.2, 0.25) is 5.91 Å². The number of pyridine rings is 1. The van der Waals surface area contributed by atoms with Gasteiger partial charge in [-0.2, -0.15) is 14.9 Å². The molecule has 3 aromatic rings. The summed E-state index contributed by atoms with van der Waals surface area (Å²) in [6.07, 6.45) is 9.38. The van der Waals surface area contributed by atoms with Gasteiger partial charge in [0, 0.05) is 31.7 Å².